The van der Waals surface area contributed by atoms with Gasteiger partial charge in [-0.2, -0.15) is 0 Å². The molecule has 0 radical (unpaired) electrons. The summed E-state index contributed by atoms with van der Waals surface area (Å²) >= 11 is 5.56. The summed E-state index contributed by atoms with van der Waals surface area (Å²) in [5, 5.41) is 0. The zero-order valence-corrected chi connectivity index (χ0v) is 16.5. The number of benzene rings is 2. The van der Waals surface area contributed by atoms with Crippen molar-refractivity contribution in [2.24, 2.45) is 0 Å². The molecule has 2 aromatic carbocycles. The fourth-order valence-electron chi connectivity index (χ4n) is 1.97. The molecule has 6 heteroatoms. The van der Waals surface area contributed by atoms with E-state index in [1.165, 1.54) is 0 Å². The van der Waals surface area contributed by atoms with E-state index in [2.05, 4.69) is 38.5 Å². The van der Waals surface area contributed by atoms with Gasteiger partial charge in [-0.3, -0.25) is 0 Å². The van der Waals surface area contributed by atoms with Gasteiger partial charge in [0.1, 0.15) is 6.61 Å². The molecule has 0 aromatic heterocycles. The summed E-state index contributed by atoms with van der Waals surface area (Å²) in [7, 11) is 1.55. The minimum Gasteiger partial charge on any atom is -0.493 e. The summed E-state index contributed by atoms with van der Waals surface area (Å²) in [6.07, 6.45) is 0. The SMILES string of the molecule is CCOC(=O)c1cc(I)c(OCc2cccc(Br)c2)c(OC)c1. The maximum Gasteiger partial charge on any atom is 0.338 e. The molecule has 2 aromatic rings. The van der Waals surface area contributed by atoms with Gasteiger partial charge in [-0.15, -0.1) is 0 Å². The van der Waals surface area contributed by atoms with Crippen molar-refractivity contribution in [3.8, 4) is 11.5 Å². The Kier molecular flexibility index (Phi) is 6.71. The van der Waals surface area contributed by atoms with Crippen LogP contribution < -0.4 is 9.47 Å². The van der Waals surface area contributed by atoms with Gasteiger partial charge in [-0.05, 0) is 59.3 Å². The lowest BCUT2D eigenvalue weighted by atomic mass is 10.2. The summed E-state index contributed by atoms with van der Waals surface area (Å²) in [5.41, 5.74) is 1.48. The molecule has 0 saturated heterocycles. The first-order valence-corrected chi connectivity index (χ1v) is 8.84. The zero-order valence-electron chi connectivity index (χ0n) is 12.8. The van der Waals surface area contributed by atoms with Crippen LogP contribution in [0.2, 0.25) is 0 Å². The number of halogens is 2. The highest BCUT2D eigenvalue weighted by molar-refractivity contribution is 14.1. The number of ether oxygens (including phenoxy) is 3. The lowest BCUT2D eigenvalue weighted by Crippen LogP contribution is -2.07. The number of carbonyl (C=O) groups excluding carboxylic acids is 1. The zero-order chi connectivity index (χ0) is 16.8. The number of rotatable bonds is 6. The van der Waals surface area contributed by atoms with E-state index in [-0.39, 0.29) is 5.97 Å². The van der Waals surface area contributed by atoms with Gasteiger partial charge in [0.25, 0.3) is 0 Å². The first kappa shape index (κ1) is 18.1. The van der Waals surface area contributed by atoms with E-state index in [4.69, 9.17) is 14.2 Å². The highest BCUT2D eigenvalue weighted by atomic mass is 127. The molecule has 4 nitrogen and oxygen atoms in total. The average Bonchev–Trinajstić information content (AvgIpc) is 2.53. The Morgan fingerprint density at radius 3 is 2.70 bits per heavy atom. The molecule has 122 valence electrons. The third kappa shape index (κ3) is 4.84. The van der Waals surface area contributed by atoms with E-state index < -0.39 is 0 Å². The van der Waals surface area contributed by atoms with Crippen LogP contribution in [0.15, 0.2) is 40.9 Å². The van der Waals surface area contributed by atoms with Crippen molar-refractivity contribution >= 4 is 44.5 Å². The van der Waals surface area contributed by atoms with Gasteiger partial charge in [-0.25, -0.2) is 4.79 Å². The Bertz CT molecular complexity index is 703. The van der Waals surface area contributed by atoms with E-state index in [0.29, 0.717) is 30.3 Å². The van der Waals surface area contributed by atoms with Crippen molar-refractivity contribution in [1.29, 1.82) is 0 Å². The van der Waals surface area contributed by atoms with Crippen molar-refractivity contribution in [2.45, 2.75) is 13.5 Å². The molecule has 0 aliphatic rings. The number of methoxy groups -OCH3 is 1. The Labute approximate surface area is 157 Å². The van der Waals surface area contributed by atoms with Crippen LogP contribution in [0.4, 0.5) is 0 Å². The fraction of sp³-hybridized carbons (Fsp3) is 0.235. The molecule has 2 rings (SSSR count). The lowest BCUT2D eigenvalue weighted by Gasteiger charge is -2.14. The molecule has 23 heavy (non-hydrogen) atoms. The summed E-state index contributed by atoms with van der Waals surface area (Å²) in [6.45, 7) is 2.51. The van der Waals surface area contributed by atoms with Crippen molar-refractivity contribution < 1.29 is 19.0 Å². The fourth-order valence-corrected chi connectivity index (χ4v) is 3.18. The maximum absolute atomic E-state index is 11.9. The first-order valence-electron chi connectivity index (χ1n) is 6.97. The van der Waals surface area contributed by atoms with Crippen LogP contribution in [0.25, 0.3) is 0 Å². The second-order valence-corrected chi connectivity index (χ2v) is 6.71. The topological polar surface area (TPSA) is 44.8 Å². The molecule has 0 atom stereocenters. The molecule has 0 fully saturated rings. The molecule has 0 unspecified atom stereocenters. The quantitative estimate of drug-likeness (QED) is 0.430. The van der Waals surface area contributed by atoms with E-state index in [0.717, 1.165) is 13.6 Å². The van der Waals surface area contributed by atoms with Crippen LogP contribution >= 0.6 is 38.5 Å². The molecule has 0 N–H and O–H groups in total. The number of hydrogen-bond donors (Lipinski definition) is 0. The van der Waals surface area contributed by atoms with Crippen LogP contribution in [0.1, 0.15) is 22.8 Å². The molecule has 0 aliphatic heterocycles. The Hall–Kier alpha value is -1.28. The third-order valence-corrected chi connectivity index (χ3v) is 4.31. The van der Waals surface area contributed by atoms with E-state index in [9.17, 15) is 4.79 Å². The Morgan fingerprint density at radius 2 is 2.04 bits per heavy atom. The van der Waals surface area contributed by atoms with Crippen molar-refractivity contribution in [3.63, 3.8) is 0 Å². The van der Waals surface area contributed by atoms with Crippen LogP contribution in [-0.2, 0) is 11.3 Å². The highest BCUT2D eigenvalue weighted by Crippen LogP contribution is 2.34. The minimum absolute atomic E-state index is 0.332. The molecule has 0 spiro atoms. The van der Waals surface area contributed by atoms with Gasteiger partial charge in [0, 0.05) is 4.47 Å². The van der Waals surface area contributed by atoms with Gasteiger partial charge in [0.2, 0.25) is 0 Å². The monoisotopic (exact) mass is 490 g/mol. The van der Waals surface area contributed by atoms with E-state index >= 15 is 0 Å². The van der Waals surface area contributed by atoms with Gasteiger partial charge < -0.3 is 14.2 Å². The molecule has 0 heterocycles. The van der Waals surface area contributed by atoms with Crippen LogP contribution in [-0.4, -0.2) is 19.7 Å². The van der Waals surface area contributed by atoms with Gasteiger partial charge >= 0.3 is 5.97 Å². The third-order valence-electron chi connectivity index (χ3n) is 3.01. The highest BCUT2D eigenvalue weighted by Gasteiger charge is 2.16. The van der Waals surface area contributed by atoms with Crippen molar-refractivity contribution in [2.75, 3.05) is 13.7 Å². The average molecular weight is 491 g/mol. The molecule has 0 bridgehead atoms. The van der Waals surface area contributed by atoms with Crippen molar-refractivity contribution in [1.82, 2.24) is 0 Å². The van der Waals surface area contributed by atoms with E-state index in [1.807, 2.05) is 24.3 Å². The van der Waals surface area contributed by atoms with Gasteiger partial charge in [0.05, 0.1) is 22.9 Å². The second kappa shape index (κ2) is 8.54. The standard InChI is InChI=1S/C17H16BrIO4/c1-3-22-17(20)12-8-14(19)16(15(9-12)21-2)23-10-11-5-4-6-13(18)7-11/h4-9H,3,10H2,1-2H3. The maximum atomic E-state index is 11.9. The number of carbonyl (C=O) groups is 1. The Morgan fingerprint density at radius 1 is 1.26 bits per heavy atom. The molecule has 0 aliphatic carbocycles. The van der Waals surface area contributed by atoms with Crippen LogP contribution in [0.3, 0.4) is 0 Å². The molecular weight excluding hydrogens is 475 g/mol. The largest absolute Gasteiger partial charge is 0.493 e. The van der Waals surface area contributed by atoms with Gasteiger partial charge in [0.15, 0.2) is 11.5 Å². The minimum atomic E-state index is -0.373. The predicted octanol–water partition coefficient (Wildman–Crippen LogP) is 4.82. The summed E-state index contributed by atoms with van der Waals surface area (Å²) in [6, 6.07) is 11.3. The first-order chi connectivity index (χ1) is 11.0. The normalized spacial score (nSPS) is 10.3. The van der Waals surface area contributed by atoms with Crippen LogP contribution in [0.5, 0.6) is 11.5 Å². The second-order valence-electron chi connectivity index (χ2n) is 4.63. The predicted molar refractivity (Wildman–Crippen MR) is 100 cm³/mol. The van der Waals surface area contributed by atoms with Gasteiger partial charge in [-0.1, -0.05) is 28.1 Å². The Balaban J connectivity index is 2.22. The molecule has 0 amide bonds. The number of hydrogen-bond acceptors (Lipinski definition) is 4. The summed E-state index contributed by atoms with van der Waals surface area (Å²) in [4.78, 5) is 11.9. The lowest BCUT2D eigenvalue weighted by molar-refractivity contribution is 0.0525. The molecular formula is C17H16BrIO4. The van der Waals surface area contributed by atoms with Crippen LogP contribution in [0, 0.1) is 3.57 Å². The molecule has 0 saturated carbocycles. The summed E-state index contributed by atoms with van der Waals surface area (Å²) < 4.78 is 18.1. The number of esters is 1. The van der Waals surface area contributed by atoms with E-state index in [1.54, 1.807) is 26.2 Å². The summed E-state index contributed by atoms with van der Waals surface area (Å²) in [5.74, 6) is 0.748. The van der Waals surface area contributed by atoms with Crippen molar-refractivity contribution in [3.05, 3.63) is 55.6 Å². The smallest absolute Gasteiger partial charge is 0.338 e.